The number of anilines is 1. The van der Waals surface area contributed by atoms with Gasteiger partial charge in [-0.25, -0.2) is 0 Å². The topological polar surface area (TPSA) is 84.6 Å². The number of carbonyl (C=O) groups is 2. The molecular formula is C19H21N3O3. The first-order valence-electron chi connectivity index (χ1n) is 8.77. The lowest BCUT2D eigenvalue weighted by Gasteiger charge is -2.34. The van der Waals surface area contributed by atoms with Gasteiger partial charge in [0.2, 0.25) is 11.8 Å². The van der Waals surface area contributed by atoms with Crippen molar-refractivity contribution >= 4 is 17.5 Å². The Hall–Kier alpha value is -2.39. The summed E-state index contributed by atoms with van der Waals surface area (Å²) >= 11 is 0. The van der Waals surface area contributed by atoms with Crippen LogP contribution in [0.25, 0.3) is 0 Å². The molecule has 25 heavy (non-hydrogen) atoms. The summed E-state index contributed by atoms with van der Waals surface area (Å²) in [4.78, 5) is 28.7. The molecule has 2 amide bonds. The standard InChI is InChI=1S/C19H21N3O3/c20-10-13-1-3-15(4-2-13)22-12-19(9-17(22)24)5-6-21(11-19)18(25)14-7-16(23)8-14/h1-4,14,16,23H,5-9,11-12H2/t14?,16?,19-/m1/s1. The van der Waals surface area contributed by atoms with Crippen LogP contribution in [0.15, 0.2) is 24.3 Å². The average molecular weight is 339 g/mol. The Bertz CT molecular complexity index is 748. The molecule has 1 N–H and O–H groups in total. The van der Waals surface area contributed by atoms with Crippen LogP contribution >= 0.6 is 0 Å². The van der Waals surface area contributed by atoms with E-state index in [0.717, 1.165) is 12.1 Å². The lowest BCUT2D eigenvalue weighted by atomic mass is 9.81. The first-order chi connectivity index (χ1) is 12.0. The number of nitrogens with zero attached hydrogens (tertiary/aromatic N) is 3. The summed E-state index contributed by atoms with van der Waals surface area (Å²) in [7, 11) is 0. The largest absolute Gasteiger partial charge is 0.393 e. The molecule has 3 aliphatic rings. The second-order valence-electron chi connectivity index (χ2n) is 7.65. The van der Waals surface area contributed by atoms with Gasteiger partial charge in [-0.3, -0.25) is 9.59 Å². The van der Waals surface area contributed by atoms with Crippen LogP contribution in [0.1, 0.15) is 31.2 Å². The van der Waals surface area contributed by atoms with Gasteiger partial charge in [0.05, 0.1) is 17.7 Å². The van der Waals surface area contributed by atoms with Crippen LogP contribution in [-0.2, 0) is 9.59 Å². The smallest absolute Gasteiger partial charge is 0.227 e. The number of amides is 2. The maximum absolute atomic E-state index is 12.5. The zero-order valence-electron chi connectivity index (χ0n) is 14.0. The summed E-state index contributed by atoms with van der Waals surface area (Å²) in [6, 6.07) is 9.14. The van der Waals surface area contributed by atoms with Crippen LogP contribution in [0.5, 0.6) is 0 Å². The van der Waals surface area contributed by atoms with E-state index in [1.165, 1.54) is 0 Å². The van der Waals surface area contributed by atoms with Crippen molar-refractivity contribution in [1.29, 1.82) is 5.26 Å². The third-order valence-electron chi connectivity index (χ3n) is 5.84. The molecule has 1 aromatic carbocycles. The Morgan fingerprint density at radius 1 is 1.24 bits per heavy atom. The molecule has 1 atom stereocenters. The molecule has 2 heterocycles. The summed E-state index contributed by atoms with van der Waals surface area (Å²) in [6.45, 7) is 1.94. The fourth-order valence-corrected chi connectivity index (χ4v) is 4.29. The minimum Gasteiger partial charge on any atom is -0.393 e. The van der Waals surface area contributed by atoms with E-state index in [1.54, 1.807) is 17.0 Å². The number of likely N-dealkylation sites (tertiary alicyclic amines) is 1. The quantitative estimate of drug-likeness (QED) is 0.880. The van der Waals surface area contributed by atoms with Crippen molar-refractivity contribution in [2.24, 2.45) is 11.3 Å². The van der Waals surface area contributed by atoms with Crippen molar-refractivity contribution in [2.45, 2.75) is 31.8 Å². The van der Waals surface area contributed by atoms with Gasteiger partial charge in [0.25, 0.3) is 0 Å². The van der Waals surface area contributed by atoms with Gasteiger partial charge in [-0.2, -0.15) is 5.26 Å². The average Bonchev–Trinajstić information content (AvgIpc) is 3.15. The molecule has 0 aromatic heterocycles. The first-order valence-corrected chi connectivity index (χ1v) is 8.77. The molecule has 2 aliphatic heterocycles. The fourth-order valence-electron chi connectivity index (χ4n) is 4.29. The van der Waals surface area contributed by atoms with Gasteiger partial charge in [-0.05, 0) is 43.5 Å². The molecule has 1 spiro atoms. The van der Waals surface area contributed by atoms with Crippen LogP contribution in [0.3, 0.4) is 0 Å². The van der Waals surface area contributed by atoms with Crippen molar-refractivity contribution in [3.8, 4) is 6.07 Å². The Labute approximate surface area is 146 Å². The van der Waals surface area contributed by atoms with Crippen LogP contribution in [-0.4, -0.2) is 47.6 Å². The summed E-state index contributed by atoms with van der Waals surface area (Å²) in [5.74, 6) is 0.168. The van der Waals surface area contributed by atoms with Crippen molar-refractivity contribution in [3.63, 3.8) is 0 Å². The maximum atomic E-state index is 12.5. The number of benzene rings is 1. The van der Waals surface area contributed by atoms with Gasteiger partial charge in [0.1, 0.15) is 0 Å². The third-order valence-corrected chi connectivity index (χ3v) is 5.84. The van der Waals surface area contributed by atoms with Crippen LogP contribution in [0.2, 0.25) is 0 Å². The predicted octanol–water partition coefficient (Wildman–Crippen LogP) is 1.28. The van der Waals surface area contributed by atoms with Gasteiger partial charge in [0.15, 0.2) is 0 Å². The monoisotopic (exact) mass is 339 g/mol. The lowest BCUT2D eigenvalue weighted by molar-refractivity contribution is -0.141. The van der Waals surface area contributed by atoms with Crippen LogP contribution < -0.4 is 4.90 Å². The highest BCUT2D eigenvalue weighted by molar-refractivity contribution is 5.96. The molecule has 0 radical (unpaired) electrons. The highest BCUT2D eigenvalue weighted by Crippen LogP contribution is 2.43. The van der Waals surface area contributed by atoms with Crippen LogP contribution in [0.4, 0.5) is 5.69 Å². The summed E-state index contributed by atoms with van der Waals surface area (Å²) < 4.78 is 0. The van der Waals surface area contributed by atoms with E-state index in [1.807, 2.05) is 17.0 Å². The molecule has 0 unspecified atom stereocenters. The molecule has 3 fully saturated rings. The summed E-state index contributed by atoms with van der Waals surface area (Å²) in [6.07, 6.45) is 2.11. The molecule has 1 saturated carbocycles. The maximum Gasteiger partial charge on any atom is 0.227 e. The number of hydrogen-bond acceptors (Lipinski definition) is 4. The number of aliphatic hydroxyl groups excluding tert-OH is 1. The number of aliphatic hydroxyl groups is 1. The number of carbonyl (C=O) groups excluding carboxylic acids is 2. The van der Waals surface area contributed by atoms with Crippen molar-refractivity contribution < 1.29 is 14.7 Å². The molecule has 1 aliphatic carbocycles. The molecule has 4 rings (SSSR count). The summed E-state index contributed by atoms with van der Waals surface area (Å²) in [5, 5.41) is 18.3. The molecule has 1 aromatic rings. The highest BCUT2D eigenvalue weighted by Gasteiger charge is 2.50. The van der Waals surface area contributed by atoms with Gasteiger partial charge < -0.3 is 14.9 Å². The normalized spacial score (nSPS) is 31.3. The van der Waals surface area contributed by atoms with Gasteiger partial charge in [-0.15, -0.1) is 0 Å². The Morgan fingerprint density at radius 2 is 1.96 bits per heavy atom. The van der Waals surface area contributed by atoms with E-state index >= 15 is 0 Å². The van der Waals surface area contributed by atoms with E-state index in [0.29, 0.717) is 44.5 Å². The SMILES string of the molecule is N#Cc1ccc(N2C[C@]3(CCN(C(=O)C4CC(O)C4)C3)CC2=O)cc1. The van der Waals surface area contributed by atoms with Crippen molar-refractivity contribution in [2.75, 3.05) is 24.5 Å². The molecule has 6 heteroatoms. The van der Waals surface area contributed by atoms with Crippen molar-refractivity contribution in [1.82, 2.24) is 4.90 Å². The molecule has 130 valence electrons. The molecule has 6 nitrogen and oxygen atoms in total. The van der Waals surface area contributed by atoms with E-state index < -0.39 is 0 Å². The number of rotatable bonds is 2. The zero-order chi connectivity index (χ0) is 17.6. The predicted molar refractivity (Wildman–Crippen MR) is 90.5 cm³/mol. The van der Waals surface area contributed by atoms with Gasteiger partial charge in [0, 0.05) is 43.1 Å². The number of nitriles is 1. The second-order valence-corrected chi connectivity index (χ2v) is 7.65. The number of hydrogen-bond donors (Lipinski definition) is 1. The van der Waals surface area contributed by atoms with E-state index in [-0.39, 0.29) is 29.3 Å². The van der Waals surface area contributed by atoms with Gasteiger partial charge >= 0.3 is 0 Å². The zero-order valence-corrected chi connectivity index (χ0v) is 14.0. The molecule has 2 saturated heterocycles. The first kappa shape index (κ1) is 16.1. The Morgan fingerprint density at radius 3 is 2.60 bits per heavy atom. The van der Waals surface area contributed by atoms with E-state index in [4.69, 9.17) is 5.26 Å². The van der Waals surface area contributed by atoms with Crippen LogP contribution in [0, 0.1) is 22.7 Å². The minimum absolute atomic E-state index is 0.0446. The Balaban J connectivity index is 1.44. The van der Waals surface area contributed by atoms with E-state index in [2.05, 4.69) is 6.07 Å². The molecule has 0 bridgehead atoms. The lowest BCUT2D eigenvalue weighted by Crippen LogP contribution is -2.43. The van der Waals surface area contributed by atoms with Crippen molar-refractivity contribution in [3.05, 3.63) is 29.8 Å². The third kappa shape index (κ3) is 2.79. The highest BCUT2D eigenvalue weighted by atomic mass is 16.3. The second kappa shape index (κ2) is 5.85. The summed E-state index contributed by atoms with van der Waals surface area (Å²) in [5.41, 5.74) is 1.22. The molecular weight excluding hydrogens is 318 g/mol. The van der Waals surface area contributed by atoms with E-state index in [9.17, 15) is 14.7 Å². The Kier molecular flexibility index (Phi) is 3.77. The minimum atomic E-state index is -0.328. The fraction of sp³-hybridized carbons (Fsp3) is 0.526. The van der Waals surface area contributed by atoms with Gasteiger partial charge in [-0.1, -0.05) is 0 Å².